The molecule has 98 valence electrons. The molecule has 1 aliphatic carbocycles. The first-order chi connectivity index (χ1) is 9.26. The Morgan fingerprint density at radius 2 is 1.79 bits per heavy atom. The molecule has 0 amide bonds. The Labute approximate surface area is 121 Å². The van der Waals surface area contributed by atoms with E-state index in [1.165, 1.54) is 11.1 Å². The van der Waals surface area contributed by atoms with Crippen LogP contribution >= 0.6 is 15.9 Å². The molecule has 1 aliphatic rings. The molecule has 3 heteroatoms. The van der Waals surface area contributed by atoms with Crippen LogP contribution in [-0.2, 0) is 12.8 Å². The predicted octanol–water partition coefficient (Wildman–Crippen LogP) is 4.04. The zero-order chi connectivity index (χ0) is 13.2. The third kappa shape index (κ3) is 2.61. The second-order valence-electron chi connectivity index (χ2n) is 4.87. The molecule has 3 rings (SSSR count). The molecule has 0 spiro atoms. The van der Waals surface area contributed by atoms with Gasteiger partial charge in [-0.25, -0.2) is 0 Å². The van der Waals surface area contributed by atoms with Crippen molar-refractivity contribution in [2.24, 2.45) is 0 Å². The number of anilines is 1. The van der Waals surface area contributed by atoms with Gasteiger partial charge in [-0.05, 0) is 52.0 Å². The van der Waals surface area contributed by atoms with Gasteiger partial charge in [0.1, 0.15) is 5.75 Å². The van der Waals surface area contributed by atoms with E-state index in [-0.39, 0.29) is 0 Å². The van der Waals surface area contributed by atoms with Gasteiger partial charge in [-0.1, -0.05) is 24.3 Å². The molecule has 0 fully saturated rings. The molecular formula is C16H16BrNO. The number of halogens is 1. The van der Waals surface area contributed by atoms with Crippen molar-refractivity contribution in [2.45, 2.75) is 18.9 Å². The van der Waals surface area contributed by atoms with Crippen molar-refractivity contribution in [1.82, 2.24) is 0 Å². The number of methoxy groups -OCH3 is 1. The summed E-state index contributed by atoms with van der Waals surface area (Å²) in [6.45, 7) is 0. The minimum Gasteiger partial charge on any atom is -0.495 e. The standard InChI is InChI=1S/C16H16BrNO/c1-19-16-10-13(6-7-15(16)17)18-14-8-11-4-2-3-5-12(11)9-14/h2-7,10,14,18H,8-9H2,1H3. The summed E-state index contributed by atoms with van der Waals surface area (Å²) in [5.74, 6) is 0.862. The van der Waals surface area contributed by atoms with Crippen LogP contribution in [0.15, 0.2) is 46.9 Å². The number of nitrogens with one attached hydrogen (secondary N) is 1. The molecule has 0 atom stereocenters. The zero-order valence-electron chi connectivity index (χ0n) is 10.8. The SMILES string of the molecule is COc1cc(NC2Cc3ccccc3C2)ccc1Br. The van der Waals surface area contributed by atoms with Crippen LogP contribution in [0.2, 0.25) is 0 Å². The smallest absolute Gasteiger partial charge is 0.135 e. The molecule has 2 aromatic carbocycles. The zero-order valence-corrected chi connectivity index (χ0v) is 12.4. The molecule has 0 saturated heterocycles. The lowest BCUT2D eigenvalue weighted by Gasteiger charge is -2.15. The minimum absolute atomic E-state index is 0.475. The highest BCUT2D eigenvalue weighted by atomic mass is 79.9. The number of fused-ring (bicyclic) bond motifs is 1. The molecule has 0 unspecified atom stereocenters. The summed E-state index contributed by atoms with van der Waals surface area (Å²) in [5, 5.41) is 3.59. The van der Waals surface area contributed by atoms with E-state index in [0.717, 1.165) is 28.8 Å². The van der Waals surface area contributed by atoms with Crippen molar-refractivity contribution >= 4 is 21.6 Å². The van der Waals surface area contributed by atoms with Crippen molar-refractivity contribution in [2.75, 3.05) is 12.4 Å². The van der Waals surface area contributed by atoms with E-state index >= 15 is 0 Å². The summed E-state index contributed by atoms with van der Waals surface area (Å²) in [7, 11) is 1.69. The normalized spacial score (nSPS) is 14.2. The van der Waals surface area contributed by atoms with Gasteiger partial charge in [0.25, 0.3) is 0 Å². The van der Waals surface area contributed by atoms with Gasteiger partial charge in [0.2, 0.25) is 0 Å². The maximum Gasteiger partial charge on any atom is 0.135 e. The van der Waals surface area contributed by atoms with Crippen LogP contribution < -0.4 is 10.1 Å². The van der Waals surface area contributed by atoms with E-state index in [9.17, 15) is 0 Å². The van der Waals surface area contributed by atoms with E-state index < -0.39 is 0 Å². The fourth-order valence-corrected chi connectivity index (χ4v) is 3.05. The predicted molar refractivity (Wildman–Crippen MR) is 82.0 cm³/mol. The third-order valence-electron chi connectivity index (χ3n) is 3.57. The number of benzene rings is 2. The minimum atomic E-state index is 0.475. The molecule has 0 heterocycles. The van der Waals surface area contributed by atoms with E-state index in [1.54, 1.807) is 7.11 Å². The first-order valence-corrected chi connectivity index (χ1v) is 7.22. The second-order valence-corrected chi connectivity index (χ2v) is 5.72. The van der Waals surface area contributed by atoms with Crippen LogP contribution in [0.25, 0.3) is 0 Å². The number of rotatable bonds is 3. The Balaban J connectivity index is 1.74. The van der Waals surface area contributed by atoms with Crippen molar-refractivity contribution in [1.29, 1.82) is 0 Å². The lowest BCUT2D eigenvalue weighted by molar-refractivity contribution is 0.412. The Morgan fingerprint density at radius 3 is 2.42 bits per heavy atom. The third-order valence-corrected chi connectivity index (χ3v) is 4.23. The largest absolute Gasteiger partial charge is 0.495 e. The van der Waals surface area contributed by atoms with Crippen molar-refractivity contribution in [3.05, 3.63) is 58.1 Å². The molecule has 1 N–H and O–H groups in total. The fourth-order valence-electron chi connectivity index (χ4n) is 2.65. The first-order valence-electron chi connectivity index (χ1n) is 6.43. The first kappa shape index (κ1) is 12.5. The summed E-state index contributed by atoms with van der Waals surface area (Å²) in [6, 6.07) is 15.3. The topological polar surface area (TPSA) is 21.3 Å². The van der Waals surface area contributed by atoms with Gasteiger partial charge in [-0.15, -0.1) is 0 Å². The average molecular weight is 318 g/mol. The molecule has 0 bridgehead atoms. The highest BCUT2D eigenvalue weighted by Gasteiger charge is 2.20. The molecule has 2 nitrogen and oxygen atoms in total. The summed E-state index contributed by atoms with van der Waals surface area (Å²) in [6.07, 6.45) is 2.18. The van der Waals surface area contributed by atoms with Crippen LogP contribution in [0.3, 0.4) is 0 Å². The van der Waals surface area contributed by atoms with Crippen molar-refractivity contribution in [3.63, 3.8) is 0 Å². The van der Waals surface area contributed by atoms with Crippen LogP contribution in [0.4, 0.5) is 5.69 Å². The maximum absolute atomic E-state index is 5.33. The lowest BCUT2D eigenvalue weighted by Crippen LogP contribution is -2.19. The summed E-state index contributed by atoms with van der Waals surface area (Å²) in [4.78, 5) is 0. The van der Waals surface area contributed by atoms with Gasteiger partial charge in [-0.2, -0.15) is 0 Å². The average Bonchev–Trinajstić information content (AvgIpc) is 2.83. The number of hydrogen-bond acceptors (Lipinski definition) is 2. The van der Waals surface area contributed by atoms with E-state index in [2.05, 4.69) is 51.6 Å². The molecule has 0 radical (unpaired) electrons. The molecule has 0 aliphatic heterocycles. The fraction of sp³-hybridized carbons (Fsp3) is 0.250. The lowest BCUT2D eigenvalue weighted by atomic mass is 10.1. The quantitative estimate of drug-likeness (QED) is 0.922. The molecule has 2 aromatic rings. The number of ether oxygens (including phenoxy) is 1. The highest BCUT2D eigenvalue weighted by molar-refractivity contribution is 9.10. The Hall–Kier alpha value is -1.48. The van der Waals surface area contributed by atoms with Gasteiger partial charge in [0.15, 0.2) is 0 Å². The summed E-state index contributed by atoms with van der Waals surface area (Å²) in [5.41, 5.74) is 4.03. The Bertz CT molecular complexity index is 572. The maximum atomic E-state index is 5.33. The summed E-state index contributed by atoms with van der Waals surface area (Å²) >= 11 is 3.47. The molecular weight excluding hydrogens is 302 g/mol. The highest BCUT2D eigenvalue weighted by Crippen LogP contribution is 2.30. The van der Waals surface area contributed by atoms with Gasteiger partial charge >= 0.3 is 0 Å². The monoisotopic (exact) mass is 317 g/mol. The van der Waals surface area contributed by atoms with Gasteiger partial charge < -0.3 is 10.1 Å². The van der Waals surface area contributed by atoms with Gasteiger partial charge in [0, 0.05) is 17.8 Å². The molecule has 0 saturated carbocycles. The van der Waals surface area contributed by atoms with Crippen LogP contribution in [0.1, 0.15) is 11.1 Å². The van der Waals surface area contributed by atoms with Crippen molar-refractivity contribution < 1.29 is 4.74 Å². The second kappa shape index (κ2) is 5.25. The van der Waals surface area contributed by atoms with Crippen LogP contribution in [0.5, 0.6) is 5.75 Å². The summed E-state index contributed by atoms with van der Waals surface area (Å²) < 4.78 is 6.31. The van der Waals surface area contributed by atoms with Crippen LogP contribution in [-0.4, -0.2) is 13.2 Å². The Morgan fingerprint density at radius 1 is 1.11 bits per heavy atom. The van der Waals surface area contributed by atoms with Gasteiger partial charge in [-0.3, -0.25) is 0 Å². The van der Waals surface area contributed by atoms with Crippen molar-refractivity contribution in [3.8, 4) is 5.75 Å². The van der Waals surface area contributed by atoms with Crippen LogP contribution in [0, 0.1) is 0 Å². The van der Waals surface area contributed by atoms with E-state index in [0.29, 0.717) is 6.04 Å². The Kier molecular flexibility index (Phi) is 3.47. The number of hydrogen-bond donors (Lipinski definition) is 1. The molecule has 0 aromatic heterocycles. The van der Waals surface area contributed by atoms with E-state index in [4.69, 9.17) is 4.74 Å². The molecule has 19 heavy (non-hydrogen) atoms. The van der Waals surface area contributed by atoms with Gasteiger partial charge in [0.05, 0.1) is 11.6 Å². The van der Waals surface area contributed by atoms with E-state index in [1.807, 2.05) is 12.1 Å².